The summed E-state index contributed by atoms with van der Waals surface area (Å²) in [5, 5.41) is 0. The highest BCUT2D eigenvalue weighted by Crippen LogP contribution is 2.58. The molecular weight excluding hydrogens is 520 g/mol. The average Bonchev–Trinajstić information content (AvgIpc) is 3.67. The maximum atomic E-state index is 12.6. The van der Waals surface area contributed by atoms with Gasteiger partial charge < -0.3 is 14.2 Å². The van der Waals surface area contributed by atoms with Crippen molar-refractivity contribution in [3.05, 3.63) is 0 Å². The molecule has 2 aliphatic heterocycles. The van der Waals surface area contributed by atoms with E-state index in [2.05, 4.69) is 6.92 Å². The summed E-state index contributed by atoms with van der Waals surface area (Å²) in [6.45, 7) is 13.6. The van der Waals surface area contributed by atoms with Crippen molar-refractivity contribution >= 4 is 23.9 Å². The van der Waals surface area contributed by atoms with Gasteiger partial charge in [0.25, 0.3) is 0 Å². The van der Waals surface area contributed by atoms with Gasteiger partial charge in [-0.05, 0) is 114 Å². The fourth-order valence-electron chi connectivity index (χ4n) is 9.27. The normalized spacial score (nSPS) is 40.5. The molecule has 7 heteroatoms. The molecule has 6 fully saturated rings. The predicted molar refractivity (Wildman–Crippen MR) is 157 cm³/mol. The Balaban J connectivity index is 0.000000227. The minimum absolute atomic E-state index is 0. The van der Waals surface area contributed by atoms with Crippen LogP contribution >= 0.6 is 0 Å². The van der Waals surface area contributed by atoms with Crippen LogP contribution in [-0.4, -0.2) is 35.6 Å². The monoisotopic (exact) mass is 576 g/mol. The van der Waals surface area contributed by atoms with Crippen molar-refractivity contribution < 1.29 is 33.4 Å². The van der Waals surface area contributed by atoms with Crippen LogP contribution in [0.4, 0.5) is 0 Å². The van der Waals surface area contributed by atoms with Crippen molar-refractivity contribution in [2.75, 3.05) is 0 Å². The Kier molecular flexibility index (Phi) is 9.82. The lowest BCUT2D eigenvalue weighted by Crippen LogP contribution is -2.50. The summed E-state index contributed by atoms with van der Waals surface area (Å²) < 4.78 is 16.4. The van der Waals surface area contributed by atoms with Gasteiger partial charge in [0.2, 0.25) is 0 Å². The Labute approximate surface area is 248 Å². The molecule has 234 valence electrons. The summed E-state index contributed by atoms with van der Waals surface area (Å²) in [5.41, 5.74) is -1.34. The second-order valence-corrected chi connectivity index (χ2v) is 14.7. The van der Waals surface area contributed by atoms with E-state index in [1.165, 1.54) is 38.5 Å². The van der Waals surface area contributed by atoms with Crippen molar-refractivity contribution in [3.63, 3.8) is 0 Å². The molecule has 6 rings (SSSR count). The number of carbonyl (C=O) groups is 4. The van der Waals surface area contributed by atoms with E-state index in [4.69, 9.17) is 14.2 Å². The Hall–Kier alpha value is -1.92. The molecule has 41 heavy (non-hydrogen) atoms. The van der Waals surface area contributed by atoms with Gasteiger partial charge in [0, 0.05) is 0 Å². The SMILES string of the molecule is C.C.CC1C(=O)OC(=O)C1C1C2CCC(C2)C1C.CCC(C)(C)C(=O)OC(C)(C)C1C(=O)OC2CC1C1CCCC21. The van der Waals surface area contributed by atoms with Crippen LogP contribution in [0.3, 0.4) is 0 Å². The van der Waals surface area contributed by atoms with Gasteiger partial charge in [-0.1, -0.05) is 42.0 Å². The van der Waals surface area contributed by atoms with Gasteiger partial charge in [-0.25, -0.2) is 0 Å². The van der Waals surface area contributed by atoms with E-state index in [0.29, 0.717) is 41.9 Å². The molecule has 0 spiro atoms. The lowest BCUT2D eigenvalue weighted by Gasteiger charge is -2.41. The molecule has 6 aliphatic rings. The molecule has 2 heterocycles. The maximum Gasteiger partial charge on any atom is 0.317 e. The highest BCUT2D eigenvalue weighted by Gasteiger charge is 2.60. The van der Waals surface area contributed by atoms with E-state index in [9.17, 15) is 19.2 Å². The molecular formula is C34H56O7. The highest BCUT2D eigenvalue weighted by atomic mass is 16.6. The van der Waals surface area contributed by atoms with Crippen LogP contribution in [0.25, 0.3) is 0 Å². The third-order valence-corrected chi connectivity index (χ3v) is 11.9. The molecule has 0 N–H and O–H groups in total. The van der Waals surface area contributed by atoms with E-state index in [1.807, 2.05) is 41.5 Å². The van der Waals surface area contributed by atoms with Gasteiger partial charge in [0.15, 0.2) is 0 Å². The molecule has 0 aromatic heterocycles. The zero-order chi connectivity index (χ0) is 28.4. The van der Waals surface area contributed by atoms with Crippen molar-refractivity contribution in [1.82, 2.24) is 0 Å². The highest BCUT2D eigenvalue weighted by molar-refractivity contribution is 5.96. The van der Waals surface area contributed by atoms with Gasteiger partial charge in [-0.15, -0.1) is 0 Å². The Morgan fingerprint density at radius 3 is 2.05 bits per heavy atom. The first-order chi connectivity index (χ1) is 18.3. The summed E-state index contributed by atoms with van der Waals surface area (Å²) in [6.07, 6.45) is 9.17. The lowest BCUT2D eigenvalue weighted by molar-refractivity contribution is -0.190. The zero-order valence-corrected chi connectivity index (χ0v) is 24.9. The van der Waals surface area contributed by atoms with Crippen LogP contribution in [0.5, 0.6) is 0 Å². The van der Waals surface area contributed by atoms with E-state index in [0.717, 1.165) is 12.3 Å². The number of carbonyl (C=O) groups excluding carboxylic acids is 4. The van der Waals surface area contributed by atoms with Crippen molar-refractivity contribution in [3.8, 4) is 0 Å². The molecule has 4 aliphatic carbocycles. The second kappa shape index (κ2) is 12.0. The summed E-state index contributed by atoms with van der Waals surface area (Å²) in [5.74, 6) is 2.16. The molecule has 0 aromatic carbocycles. The minimum atomic E-state index is -0.812. The number of hydrogen-bond donors (Lipinski definition) is 0. The second-order valence-electron chi connectivity index (χ2n) is 14.7. The van der Waals surface area contributed by atoms with Gasteiger partial charge in [-0.2, -0.15) is 0 Å². The zero-order valence-electron chi connectivity index (χ0n) is 24.9. The number of cyclic esters (lactones) is 2. The quantitative estimate of drug-likeness (QED) is 0.197. The van der Waals surface area contributed by atoms with E-state index in [1.54, 1.807) is 0 Å². The van der Waals surface area contributed by atoms with Crippen LogP contribution < -0.4 is 0 Å². The molecule has 11 atom stereocenters. The topological polar surface area (TPSA) is 96.0 Å². The van der Waals surface area contributed by atoms with Crippen LogP contribution in [0.2, 0.25) is 0 Å². The number of ether oxygens (including phenoxy) is 3. The molecule has 11 unspecified atom stereocenters. The largest absolute Gasteiger partial charge is 0.462 e. The Morgan fingerprint density at radius 2 is 1.49 bits per heavy atom. The molecule has 0 aromatic rings. The molecule has 2 saturated heterocycles. The standard InChI is InChI=1S/C19H30O4.C13H18O3.2CH4/c1-6-18(2,3)17(21)23-19(4,5)15-13-10-14(22-16(15)20)12-9-7-8-11(12)13;1-6-8-3-4-9(5-8)10(6)11-7(2)12(14)16-13(11)15;;/h11-15H,6-10H2,1-5H3;6-11H,3-5H2,1-2H3;2*1H4. The van der Waals surface area contributed by atoms with E-state index in [-0.39, 0.29) is 62.6 Å². The van der Waals surface area contributed by atoms with Crippen molar-refractivity contribution in [1.29, 1.82) is 0 Å². The fraction of sp³-hybridized carbons (Fsp3) is 0.882. The van der Waals surface area contributed by atoms with Gasteiger partial charge >= 0.3 is 23.9 Å². The Morgan fingerprint density at radius 1 is 0.854 bits per heavy atom. The van der Waals surface area contributed by atoms with Gasteiger partial charge in [0.05, 0.1) is 23.2 Å². The van der Waals surface area contributed by atoms with Gasteiger partial charge in [0.1, 0.15) is 11.7 Å². The minimum Gasteiger partial charge on any atom is -0.462 e. The number of fused-ring (bicyclic) bond motifs is 7. The van der Waals surface area contributed by atoms with Gasteiger partial charge in [-0.3, -0.25) is 19.2 Å². The lowest BCUT2D eigenvalue weighted by atomic mass is 9.70. The first kappa shape index (κ1) is 33.6. The Bertz CT molecular complexity index is 1010. The predicted octanol–water partition coefficient (Wildman–Crippen LogP) is 7.00. The van der Waals surface area contributed by atoms with Crippen LogP contribution in [0, 0.1) is 64.6 Å². The molecule has 4 bridgehead atoms. The van der Waals surface area contributed by atoms with Crippen LogP contribution in [0.15, 0.2) is 0 Å². The molecule has 0 amide bonds. The number of hydrogen-bond acceptors (Lipinski definition) is 7. The van der Waals surface area contributed by atoms with Crippen molar-refractivity contribution in [2.45, 2.75) is 126 Å². The van der Waals surface area contributed by atoms with Crippen LogP contribution in [0.1, 0.15) is 115 Å². The summed E-state index contributed by atoms with van der Waals surface area (Å²) >= 11 is 0. The average molecular weight is 577 g/mol. The van der Waals surface area contributed by atoms with E-state index >= 15 is 0 Å². The number of esters is 4. The first-order valence-corrected chi connectivity index (χ1v) is 15.5. The summed E-state index contributed by atoms with van der Waals surface area (Å²) in [6, 6.07) is 0. The third kappa shape index (κ3) is 5.72. The molecule has 7 nitrogen and oxygen atoms in total. The summed E-state index contributed by atoms with van der Waals surface area (Å²) in [4.78, 5) is 48.3. The smallest absolute Gasteiger partial charge is 0.317 e. The third-order valence-electron chi connectivity index (χ3n) is 11.9. The molecule has 4 saturated carbocycles. The first-order valence-electron chi connectivity index (χ1n) is 15.5. The molecule has 0 radical (unpaired) electrons. The maximum absolute atomic E-state index is 12.6. The fourth-order valence-corrected chi connectivity index (χ4v) is 9.27. The van der Waals surface area contributed by atoms with E-state index < -0.39 is 11.0 Å². The van der Waals surface area contributed by atoms with Crippen molar-refractivity contribution in [2.24, 2.45) is 64.6 Å². The number of rotatable bonds is 5. The van der Waals surface area contributed by atoms with Crippen LogP contribution in [-0.2, 0) is 33.4 Å². The summed E-state index contributed by atoms with van der Waals surface area (Å²) in [7, 11) is 0.